The predicted octanol–water partition coefficient (Wildman–Crippen LogP) is 4.33. The number of aryl methyl sites for hydroxylation is 2. The zero-order chi connectivity index (χ0) is 18.0. The van der Waals surface area contributed by atoms with Crippen LogP contribution < -0.4 is 15.8 Å². The van der Waals surface area contributed by atoms with Crippen molar-refractivity contribution in [1.82, 2.24) is 4.98 Å². The molecule has 0 fully saturated rings. The highest BCUT2D eigenvalue weighted by Crippen LogP contribution is 2.32. The summed E-state index contributed by atoms with van der Waals surface area (Å²) in [4.78, 5) is 17.5. The molecule has 0 amide bonds. The number of carbonyl (C=O) groups is 1. The third-order valence-corrected chi connectivity index (χ3v) is 4.89. The molecule has 0 aliphatic heterocycles. The van der Waals surface area contributed by atoms with Gasteiger partial charge in [-0.1, -0.05) is 41.7 Å². The molecular weight excluding hydrogens is 334 g/mol. The molecule has 0 bridgehead atoms. The zero-order valence-corrected chi connectivity index (χ0v) is 15.1. The third kappa shape index (κ3) is 3.49. The van der Waals surface area contributed by atoms with Crippen LogP contribution in [0, 0.1) is 13.8 Å². The maximum atomic E-state index is 12.7. The normalized spacial score (nSPS) is 10.5. The number of nitrogen functional groups attached to an aromatic ring is 1. The van der Waals surface area contributed by atoms with Crippen LogP contribution in [0.3, 0.4) is 0 Å². The summed E-state index contributed by atoms with van der Waals surface area (Å²) in [5.41, 5.74) is 9.70. The van der Waals surface area contributed by atoms with Gasteiger partial charge in [0.15, 0.2) is 5.13 Å². The van der Waals surface area contributed by atoms with Gasteiger partial charge in [-0.2, -0.15) is 0 Å². The molecule has 25 heavy (non-hydrogen) atoms. The van der Waals surface area contributed by atoms with E-state index in [-0.39, 0.29) is 11.6 Å². The van der Waals surface area contributed by atoms with Gasteiger partial charge in [0.25, 0.3) is 0 Å². The number of anilines is 3. The molecule has 5 nitrogen and oxygen atoms in total. The van der Waals surface area contributed by atoms with Crippen molar-refractivity contribution < 1.29 is 9.53 Å². The lowest BCUT2D eigenvalue weighted by Crippen LogP contribution is -2.02. The molecule has 1 heterocycles. The Labute approximate surface area is 150 Å². The first-order chi connectivity index (χ1) is 12.0. The van der Waals surface area contributed by atoms with Gasteiger partial charge >= 0.3 is 0 Å². The summed E-state index contributed by atoms with van der Waals surface area (Å²) in [6.07, 6.45) is 0. The second kappa shape index (κ2) is 6.94. The van der Waals surface area contributed by atoms with Gasteiger partial charge in [-0.3, -0.25) is 4.79 Å². The van der Waals surface area contributed by atoms with Gasteiger partial charge in [-0.05, 0) is 37.1 Å². The molecule has 0 saturated carbocycles. The molecular formula is C19H19N3O2S. The number of rotatable bonds is 5. The van der Waals surface area contributed by atoms with Crippen LogP contribution in [0.5, 0.6) is 5.75 Å². The number of thiazole rings is 1. The predicted molar refractivity (Wildman–Crippen MR) is 102 cm³/mol. The van der Waals surface area contributed by atoms with Gasteiger partial charge in [-0.15, -0.1) is 0 Å². The van der Waals surface area contributed by atoms with Crippen molar-refractivity contribution in [2.24, 2.45) is 0 Å². The Morgan fingerprint density at radius 3 is 2.52 bits per heavy atom. The van der Waals surface area contributed by atoms with Gasteiger partial charge in [0.1, 0.15) is 16.4 Å². The number of nitrogens with one attached hydrogen (secondary N) is 1. The van der Waals surface area contributed by atoms with E-state index < -0.39 is 0 Å². The number of para-hydroxylation sites is 1. The van der Waals surface area contributed by atoms with E-state index in [1.807, 2.05) is 32.0 Å². The van der Waals surface area contributed by atoms with Crippen LogP contribution in [0.1, 0.15) is 26.4 Å². The largest absolute Gasteiger partial charge is 0.497 e. The molecule has 0 atom stereocenters. The Bertz CT molecular complexity index is 914. The molecule has 0 radical (unpaired) electrons. The first-order valence-corrected chi connectivity index (χ1v) is 8.59. The highest BCUT2D eigenvalue weighted by atomic mass is 32.1. The lowest BCUT2D eigenvalue weighted by Gasteiger charge is -2.09. The summed E-state index contributed by atoms with van der Waals surface area (Å²) >= 11 is 1.25. The monoisotopic (exact) mass is 353 g/mol. The van der Waals surface area contributed by atoms with Gasteiger partial charge < -0.3 is 15.8 Å². The topological polar surface area (TPSA) is 77.2 Å². The molecule has 0 saturated heterocycles. The summed E-state index contributed by atoms with van der Waals surface area (Å²) in [5, 5.41) is 3.88. The summed E-state index contributed by atoms with van der Waals surface area (Å²) in [6.45, 7) is 4.04. The van der Waals surface area contributed by atoms with E-state index in [1.165, 1.54) is 11.3 Å². The van der Waals surface area contributed by atoms with Crippen LogP contribution >= 0.6 is 11.3 Å². The van der Waals surface area contributed by atoms with Crippen LogP contribution in [0.4, 0.5) is 16.6 Å². The zero-order valence-electron chi connectivity index (χ0n) is 14.3. The molecule has 0 aliphatic carbocycles. The number of carbonyl (C=O) groups excluding carboxylic acids is 1. The van der Waals surface area contributed by atoms with E-state index in [4.69, 9.17) is 10.5 Å². The number of aromatic nitrogens is 1. The Kier molecular flexibility index (Phi) is 4.72. The minimum Gasteiger partial charge on any atom is -0.497 e. The average molecular weight is 353 g/mol. The van der Waals surface area contributed by atoms with Crippen LogP contribution in [-0.2, 0) is 0 Å². The van der Waals surface area contributed by atoms with E-state index >= 15 is 0 Å². The Balaban J connectivity index is 1.91. The minimum absolute atomic E-state index is 0.163. The first kappa shape index (κ1) is 17.0. The molecule has 0 unspecified atom stereocenters. The fraction of sp³-hybridized carbons (Fsp3) is 0.158. The van der Waals surface area contributed by atoms with Gasteiger partial charge in [0.05, 0.1) is 7.11 Å². The number of nitrogens with zero attached hydrogens (tertiary/aromatic N) is 1. The second-order valence-electron chi connectivity index (χ2n) is 5.69. The fourth-order valence-electron chi connectivity index (χ4n) is 2.56. The summed E-state index contributed by atoms with van der Waals surface area (Å²) in [6, 6.07) is 13.1. The fourth-order valence-corrected chi connectivity index (χ4v) is 3.41. The van der Waals surface area contributed by atoms with Crippen molar-refractivity contribution in [3.63, 3.8) is 0 Å². The van der Waals surface area contributed by atoms with Crippen LogP contribution in [0.25, 0.3) is 0 Å². The number of hydrogen-bond donors (Lipinski definition) is 2. The van der Waals surface area contributed by atoms with Crippen LogP contribution in [0.15, 0.2) is 42.5 Å². The molecule has 3 aromatic rings. The van der Waals surface area contributed by atoms with E-state index in [2.05, 4.69) is 10.3 Å². The Morgan fingerprint density at radius 1 is 1.16 bits per heavy atom. The molecule has 1 aromatic heterocycles. The first-order valence-electron chi connectivity index (χ1n) is 7.78. The van der Waals surface area contributed by atoms with Crippen molar-refractivity contribution in [2.75, 3.05) is 18.2 Å². The van der Waals surface area contributed by atoms with E-state index in [9.17, 15) is 4.79 Å². The summed E-state index contributed by atoms with van der Waals surface area (Å²) in [7, 11) is 1.57. The van der Waals surface area contributed by atoms with Crippen LogP contribution in [-0.4, -0.2) is 17.9 Å². The van der Waals surface area contributed by atoms with E-state index in [0.717, 1.165) is 16.8 Å². The van der Waals surface area contributed by atoms with Gasteiger partial charge in [0, 0.05) is 11.3 Å². The molecule has 128 valence electrons. The molecule has 3 N–H and O–H groups in total. The molecule has 0 spiro atoms. The quantitative estimate of drug-likeness (QED) is 0.668. The van der Waals surface area contributed by atoms with Crippen molar-refractivity contribution >= 4 is 33.8 Å². The van der Waals surface area contributed by atoms with E-state index in [0.29, 0.717) is 21.3 Å². The Hall–Kier alpha value is -2.86. The van der Waals surface area contributed by atoms with Crippen molar-refractivity contribution in [2.45, 2.75) is 13.8 Å². The number of ether oxygens (including phenoxy) is 1. The number of ketones is 1. The molecule has 0 aliphatic rings. The SMILES string of the molecule is COc1cccc(C(=O)c2sc(Nc3c(C)cccc3C)nc2N)c1. The van der Waals surface area contributed by atoms with Gasteiger partial charge in [0.2, 0.25) is 5.78 Å². The molecule has 6 heteroatoms. The molecule has 2 aromatic carbocycles. The maximum absolute atomic E-state index is 12.7. The minimum atomic E-state index is -0.163. The Morgan fingerprint density at radius 2 is 1.84 bits per heavy atom. The maximum Gasteiger partial charge on any atom is 0.206 e. The number of benzene rings is 2. The third-order valence-electron chi connectivity index (χ3n) is 3.90. The van der Waals surface area contributed by atoms with Crippen LogP contribution in [0.2, 0.25) is 0 Å². The van der Waals surface area contributed by atoms with Gasteiger partial charge in [-0.25, -0.2) is 4.98 Å². The van der Waals surface area contributed by atoms with Crippen molar-refractivity contribution in [1.29, 1.82) is 0 Å². The number of hydrogen-bond acceptors (Lipinski definition) is 6. The lowest BCUT2D eigenvalue weighted by molar-refractivity contribution is 0.104. The number of nitrogens with two attached hydrogens (primary N) is 1. The second-order valence-corrected chi connectivity index (χ2v) is 6.69. The summed E-state index contributed by atoms with van der Waals surface area (Å²) < 4.78 is 5.17. The highest BCUT2D eigenvalue weighted by Gasteiger charge is 2.19. The highest BCUT2D eigenvalue weighted by molar-refractivity contribution is 7.18. The van der Waals surface area contributed by atoms with Crippen molar-refractivity contribution in [3.8, 4) is 5.75 Å². The van der Waals surface area contributed by atoms with E-state index in [1.54, 1.807) is 31.4 Å². The molecule has 3 rings (SSSR count). The standard InChI is InChI=1S/C19H19N3O2S/c1-11-6-4-7-12(2)15(11)21-19-22-18(20)17(25-19)16(23)13-8-5-9-14(10-13)24-3/h4-10H,20H2,1-3H3,(H,21,22). The summed E-state index contributed by atoms with van der Waals surface area (Å²) in [5.74, 6) is 0.692. The number of methoxy groups -OCH3 is 1. The average Bonchev–Trinajstić information content (AvgIpc) is 2.98. The van der Waals surface area contributed by atoms with Crippen molar-refractivity contribution in [3.05, 3.63) is 64.0 Å². The lowest BCUT2D eigenvalue weighted by atomic mass is 10.1. The smallest absolute Gasteiger partial charge is 0.206 e.